The van der Waals surface area contributed by atoms with Crippen LogP contribution < -0.4 is 10.1 Å². The third-order valence-electron chi connectivity index (χ3n) is 5.65. The monoisotopic (exact) mass is 439 g/mol. The molecule has 10 nitrogen and oxygen atoms in total. The summed E-state index contributed by atoms with van der Waals surface area (Å²) >= 11 is 0. The zero-order valence-corrected chi connectivity index (χ0v) is 17.8. The first-order chi connectivity index (χ1) is 14.2. The van der Waals surface area contributed by atoms with Crippen LogP contribution in [0.1, 0.15) is 18.4 Å². The fourth-order valence-electron chi connectivity index (χ4n) is 3.92. The lowest BCUT2D eigenvalue weighted by molar-refractivity contribution is -0.187. The summed E-state index contributed by atoms with van der Waals surface area (Å²) in [5, 5.41) is 2.65. The highest BCUT2D eigenvalue weighted by atomic mass is 32.2. The minimum Gasteiger partial charge on any atom is -0.482 e. The van der Waals surface area contributed by atoms with Crippen molar-refractivity contribution in [3.05, 3.63) is 17.7 Å². The first-order valence-corrected chi connectivity index (χ1v) is 11.2. The van der Waals surface area contributed by atoms with Gasteiger partial charge in [0.1, 0.15) is 5.75 Å². The van der Waals surface area contributed by atoms with Crippen LogP contribution in [0.5, 0.6) is 5.75 Å². The second-order valence-corrected chi connectivity index (χ2v) is 9.71. The minimum atomic E-state index is -3.93. The molecule has 0 bridgehead atoms. The molecule has 3 aliphatic rings. The van der Waals surface area contributed by atoms with Crippen molar-refractivity contribution in [3.63, 3.8) is 0 Å². The summed E-state index contributed by atoms with van der Waals surface area (Å²) in [6, 6.07) is 2.94. The van der Waals surface area contributed by atoms with Crippen molar-refractivity contribution in [1.29, 1.82) is 0 Å². The second-order valence-electron chi connectivity index (χ2n) is 7.70. The quantitative estimate of drug-likeness (QED) is 0.718. The summed E-state index contributed by atoms with van der Waals surface area (Å²) in [7, 11) is -2.55. The molecule has 3 aliphatic heterocycles. The van der Waals surface area contributed by atoms with Gasteiger partial charge in [-0.15, -0.1) is 0 Å². The number of nitrogens with zero attached hydrogens (tertiary/aromatic N) is 2. The Balaban J connectivity index is 1.44. The molecule has 0 aliphatic carbocycles. The third-order valence-corrected chi connectivity index (χ3v) is 7.59. The predicted octanol–water partition coefficient (Wildman–Crippen LogP) is 0.312. The van der Waals surface area contributed by atoms with Crippen molar-refractivity contribution in [1.82, 2.24) is 9.21 Å². The molecule has 4 rings (SSSR count). The van der Waals surface area contributed by atoms with Gasteiger partial charge in [-0.3, -0.25) is 9.59 Å². The maximum absolute atomic E-state index is 13.1. The lowest BCUT2D eigenvalue weighted by Crippen LogP contribution is -2.50. The Bertz CT molecular complexity index is 963. The summed E-state index contributed by atoms with van der Waals surface area (Å²) in [5.74, 6) is -0.869. The van der Waals surface area contributed by atoms with Crippen molar-refractivity contribution in [2.75, 3.05) is 51.8 Å². The zero-order valence-electron chi connectivity index (χ0n) is 17.0. The molecular weight excluding hydrogens is 414 g/mol. The number of aryl methyl sites for hydroxylation is 1. The van der Waals surface area contributed by atoms with E-state index in [9.17, 15) is 18.0 Å². The van der Waals surface area contributed by atoms with Crippen molar-refractivity contribution in [2.45, 2.75) is 30.4 Å². The molecule has 11 heteroatoms. The highest BCUT2D eigenvalue weighted by Gasteiger charge is 2.41. The Labute approximate surface area is 175 Å². The lowest BCUT2D eigenvalue weighted by Gasteiger charge is -2.38. The number of carbonyl (C=O) groups excluding carboxylic acids is 2. The number of benzene rings is 1. The SMILES string of the molecule is Cc1cc2c(cc1S(=O)(=O)N(C)CC(=O)N1CCC3(CC1)OCCO3)OCC(=O)N2. The highest BCUT2D eigenvalue weighted by Crippen LogP contribution is 2.34. The maximum atomic E-state index is 13.1. The number of sulfonamides is 1. The summed E-state index contributed by atoms with van der Waals surface area (Å²) in [6.45, 7) is 3.22. The van der Waals surface area contributed by atoms with Crippen LogP contribution in [-0.2, 0) is 29.1 Å². The van der Waals surface area contributed by atoms with E-state index >= 15 is 0 Å². The minimum absolute atomic E-state index is 0.0399. The number of rotatable bonds is 4. The van der Waals surface area contributed by atoms with Crippen LogP contribution in [0.2, 0.25) is 0 Å². The first kappa shape index (κ1) is 21.0. The van der Waals surface area contributed by atoms with Gasteiger partial charge in [0.2, 0.25) is 15.9 Å². The molecule has 0 saturated carbocycles. The molecule has 2 saturated heterocycles. The van der Waals surface area contributed by atoms with E-state index in [-0.39, 0.29) is 35.6 Å². The second kappa shape index (κ2) is 7.80. The maximum Gasteiger partial charge on any atom is 0.262 e. The van der Waals surface area contributed by atoms with Gasteiger partial charge in [0.05, 0.1) is 30.3 Å². The van der Waals surface area contributed by atoms with E-state index in [2.05, 4.69) is 5.32 Å². The van der Waals surface area contributed by atoms with Gasteiger partial charge in [-0.1, -0.05) is 0 Å². The van der Waals surface area contributed by atoms with Crippen molar-refractivity contribution in [2.24, 2.45) is 0 Å². The van der Waals surface area contributed by atoms with Gasteiger partial charge in [0.25, 0.3) is 5.91 Å². The summed E-state index contributed by atoms with van der Waals surface area (Å²) in [5.41, 5.74) is 0.884. The van der Waals surface area contributed by atoms with Crippen molar-refractivity contribution < 1.29 is 32.2 Å². The number of ether oxygens (including phenoxy) is 3. The van der Waals surface area contributed by atoms with E-state index in [1.807, 2.05) is 0 Å². The molecule has 30 heavy (non-hydrogen) atoms. The van der Waals surface area contributed by atoms with Crippen LogP contribution >= 0.6 is 0 Å². The molecule has 3 heterocycles. The Kier molecular flexibility index (Phi) is 5.47. The van der Waals surface area contributed by atoms with E-state index in [4.69, 9.17) is 14.2 Å². The van der Waals surface area contributed by atoms with E-state index in [1.165, 1.54) is 13.1 Å². The lowest BCUT2D eigenvalue weighted by atomic mass is 10.0. The van der Waals surface area contributed by atoms with Gasteiger partial charge in [-0.2, -0.15) is 4.31 Å². The van der Waals surface area contributed by atoms with Gasteiger partial charge < -0.3 is 24.4 Å². The molecule has 1 spiro atoms. The molecule has 164 valence electrons. The number of carbonyl (C=O) groups is 2. The average molecular weight is 439 g/mol. The molecule has 1 aromatic rings. The number of amides is 2. The van der Waals surface area contributed by atoms with Crippen LogP contribution in [0.25, 0.3) is 0 Å². The van der Waals surface area contributed by atoms with Crippen molar-refractivity contribution in [3.8, 4) is 5.75 Å². The number of anilines is 1. The van der Waals surface area contributed by atoms with E-state index in [1.54, 1.807) is 17.9 Å². The smallest absolute Gasteiger partial charge is 0.262 e. The molecular formula is C19H25N3O7S. The summed E-state index contributed by atoms with van der Waals surface area (Å²) in [4.78, 5) is 25.8. The Morgan fingerprint density at radius 3 is 2.57 bits per heavy atom. The molecule has 1 aromatic carbocycles. The summed E-state index contributed by atoms with van der Waals surface area (Å²) < 4.78 is 43.9. The third kappa shape index (κ3) is 3.89. The van der Waals surface area contributed by atoms with Crippen LogP contribution in [0.3, 0.4) is 0 Å². The number of hydrogen-bond donors (Lipinski definition) is 1. The molecule has 2 amide bonds. The fraction of sp³-hybridized carbons (Fsp3) is 0.579. The van der Waals surface area contributed by atoms with Gasteiger partial charge in [0.15, 0.2) is 12.4 Å². The molecule has 0 radical (unpaired) electrons. The highest BCUT2D eigenvalue weighted by molar-refractivity contribution is 7.89. The Morgan fingerprint density at radius 1 is 1.23 bits per heavy atom. The Morgan fingerprint density at radius 2 is 1.90 bits per heavy atom. The number of hydrogen-bond acceptors (Lipinski definition) is 7. The first-order valence-electron chi connectivity index (χ1n) is 9.80. The molecule has 2 fully saturated rings. The van der Waals surface area contributed by atoms with E-state index < -0.39 is 15.8 Å². The van der Waals surface area contributed by atoms with Gasteiger partial charge in [-0.25, -0.2) is 8.42 Å². The number of nitrogens with one attached hydrogen (secondary N) is 1. The molecule has 0 aromatic heterocycles. The number of likely N-dealkylation sites (N-methyl/N-ethyl adjacent to an activating group) is 1. The fourth-order valence-corrected chi connectivity index (χ4v) is 5.26. The number of piperidine rings is 1. The molecule has 1 N–H and O–H groups in total. The number of likely N-dealkylation sites (tertiary alicyclic amines) is 1. The molecule has 0 unspecified atom stereocenters. The summed E-state index contributed by atoms with van der Waals surface area (Å²) in [6.07, 6.45) is 1.14. The van der Waals surface area contributed by atoms with Crippen LogP contribution in [0.4, 0.5) is 5.69 Å². The normalized spacial score (nSPS) is 20.8. The topological polar surface area (TPSA) is 114 Å². The number of fused-ring (bicyclic) bond motifs is 1. The van der Waals surface area contributed by atoms with Gasteiger partial charge in [-0.05, 0) is 18.6 Å². The van der Waals surface area contributed by atoms with Gasteiger partial charge >= 0.3 is 0 Å². The van der Waals surface area contributed by atoms with Gasteiger partial charge in [0, 0.05) is 39.0 Å². The van der Waals surface area contributed by atoms with Crippen LogP contribution in [0.15, 0.2) is 17.0 Å². The van der Waals surface area contributed by atoms with E-state index in [0.717, 1.165) is 4.31 Å². The van der Waals surface area contributed by atoms with Crippen molar-refractivity contribution >= 4 is 27.5 Å². The largest absolute Gasteiger partial charge is 0.482 e. The van der Waals surface area contributed by atoms with E-state index in [0.29, 0.717) is 50.4 Å². The molecule has 0 atom stereocenters. The zero-order chi connectivity index (χ0) is 21.5. The standard InChI is InChI=1S/C19H25N3O7S/c1-13-9-14-15(27-12-17(23)20-14)10-16(13)30(25,26)21(2)11-18(24)22-5-3-19(4-6-22)28-7-8-29-19/h9-10H,3-8,11-12H2,1-2H3,(H,20,23). The predicted molar refractivity (Wildman–Crippen MR) is 106 cm³/mol. The Hall–Kier alpha value is -2.21. The van der Waals surface area contributed by atoms with Crippen LogP contribution in [-0.4, -0.2) is 81.7 Å². The van der Waals surface area contributed by atoms with Crippen LogP contribution in [0, 0.1) is 6.92 Å². The average Bonchev–Trinajstić information content (AvgIpc) is 3.15.